The number of nitrogens with one attached hydrogen (secondary N) is 1. The molecule has 0 aliphatic carbocycles. The van der Waals surface area contributed by atoms with Gasteiger partial charge in [-0.3, -0.25) is 0 Å². The molecule has 1 aromatic carbocycles. The van der Waals surface area contributed by atoms with E-state index in [0.29, 0.717) is 0 Å². The Morgan fingerprint density at radius 3 is 2.64 bits per heavy atom. The van der Waals surface area contributed by atoms with Gasteiger partial charge in [-0.2, -0.15) is 0 Å². The second kappa shape index (κ2) is 4.19. The Morgan fingerprint density at radius 2 is 1.93 bits per heavy atom. The molecule has 4 heteroatoms. The van der Waals surface area contributed by atoms with Crippen molar-refractivity contribution in [1.29, 1.82) is 0 Å². The number of benzene rings is 1. The minimum Gasteiger partial charge on any atom is -1.00 e. The zero-order chi connectivity index (χ0) is 9.42. The second-order valence-corrected chi connectivity index (χ2v) is 3.47. The Hall–Kier alpha value is -0.740. The molecule has 0 spiro atoms. The first-order valence-corrected chi connectivity index (χ1v) is 4.46. The van der Waals surface area contributed by atoms with E-state index in [2.05, 4.69) is 12.2 Å². The van der Waals surface area contributed by atoms with Crippen molar-refractivity contribution in [3.63, 3.8) is 0 Å². The molecule has 0 amide bonds. The summed E-state index contributed by atoms with van der Waals surface area (Å²) in [6, 6.07) is 3.55. The van der Waals surface area contributed by atoms with Gasteiger partial charge in [0.25, 0.3) is 0 Å². The van der Waals surface area contributed by atoms with E-state index >= 15 is 0 Å². The highest BCUT2D eigenvalue weighted by Gasteiger charge is 2.17. The Balaban J connectivity index is 0.000000980. The van der Waals surface area contributed by atoms with E-state index in [0.717, 1.165) is 24.1 Å². The van der Waals surface area contributed by atoms with Crippen molar-refractivity contribution in [2.45, 2.75) is 19.4 Å². The topological polar surface area (TPSA) is 52.5 Å². The molecule has 2 rings (SSSR count). The first-order valence-electron chi connectivity index (χ1n) is 4.46. The van der Waals surface area contributed by atoms with Crippen LogP contribution in [0.5, 0.6) is 11.5 Å². The molecule has 3 N–H and O–H groups in total. The van der Waals surface area contributed by atoms with Gasteiger partial charge in [-0.15, -0.1) is 0 Å². The highest BCUT2D eigenvalue weighted by atomic mass is 79.9. The Kier molecular flexibility index (Phi) is 3.39. The largest absolute Gasteiger partial charge is 1.00 e. The molecule has 78 valence electrons. The zero-order valence-electron chi connectivity index (χ0n) is 7.92. The van der Waals surface area contributed by atoms with Gasteiger partial charge < -0.3 is 32.5 Å². The summed E-state index contributed by atoms with van der Waals surface area (Å²) >= 11 is 0. The number of fused-ring (bicyclic) bond motifs is 1. The van der Waals surface area contributed by atoms with Gasteiger partial charge >= 0.3 is 0 Å². The molecule has 14 heavy (non-hydrogen) atoms. The van der Waals surface area contributed by atoms with Crippen molar-refractivity contribution in [2.75, 3.05) is 6.54 Å². The van der Waals surface area contributed by atoms with Gasteiger partial charge in [-0.05, 0) is 43.1 Å². The van der Waals surface area contributed by atoms with Crippen molar-refractivity contribution in [2.24, 2.45) is 0 Å². The van der Waals surface area contributed by atoms with E-state index in [1.165, 1.54) is 0 Å². The van der Waals surface area contributed by atoms with Crippen LogP contribution < -0.4 is 22.3 Å². The monoisotopic (exact) mass is 258 g/mol. The van der Waals surface area contributed by atoms with E-state index in [1.54, 1.807) is 12.1 Å². The van der Waals surface area contributed by atoms with Crippen molar-refractivity contribution < 1.29 is 27.2 Å². The smallest absolute Gasteiger partial charge is 0.157 e. The molecule has 0 aromatic heterocycles. The normalized spacial score (nSPS) is 19.6. The maximum Gasteiger partial charge on any atom is 0.157 e. The maximum atomic E-state index is 9.32. The molecule has 1 aliphatic heterocycles. The van der Waals surface area contributed by atoms with Crippen LogP contribution in [-0.2, 0) is 6.42 Å². The van der Waals surface area contributed by atoms with Crippen LogP contribution in [-0.4, -0.2) is 16.8 Å². The minimum atomic E-state index is -0.0331. The summed E-state index contributed by atoms with van der Waals surface area (Å²) in [6.45, 7) is 2.98. The van der Waals surface area contributed by atoms with Crippen LogP contribution in [0.3, 0.4) is 0 Å². The average Bonchev–Trinajstić information content (AvgIpc) is 2.09. The number of aromatic hydroxyl groups is 2. The number of phenolic OH excluding ortho intramolecular Hbond substituents is 2. The lowest BCUT2D eigenvalue weighted by molar-refractivity contribution is -0.00000458. The summed E-state index contributed by atoms with van der Waals surface area (Å²) in [4.78, 5) is 0. The first kappa shape index (κ1) is 11.3. The highest BCUT2D eigenvalue weighted by molar-refractivity contribution is 5.47. The second-order valence-electron chi connectivity index (χ2n) is 3.47. The van der Waals surface area contributed by atoms with E-state index in [9.17, 15) is 10.2 Å². The molecular formula is C10H13BrNO2-. The van der Waals surface area contributed by atoms with Crippen LogP contribution in [0.15, 0.2) is 12.1 Å². The van der Waals surface area contributed by atoms with Crippen LogP contribution in [0.4, 0.5) is 0 Å². The summed E-state index contributed by atoms with van der Waals surface area (Å²) in [5, 5.41) is 21.9. The highest BCUT2D eigenvalue weighted by Crippen LogP contribution is 2.33. The van der Waals surface area contributed by atoms with Gasteiger partial charge in [0.1, 0.15) is 0 Å². The fourth-order valence-electron chi connectivity index (χ4n) is 1.79. The van der Waals surface area contributed by atoms with Gasteiger partial charge in [0.2, 0.25) is 0 Å². The lowest BCUT2D eigenvalue weighted by Crippen LogP contribution is -3.00. The van der Waals surface area contributed by atoms with Crippen LogP contribution >= 0.6 is 0 Å². The minimum absolute atomic E-state index is 0. The molecule has 1 atom stereocenters. The number of phenols is 2. The molecule has 1 heterocycles. The average molecular weight is 259 g/mol. The predicted molar refractivity (Wildman–Crippen MR) is 49.9 cm³/mol. The maximum absolute atomic E-state index is 9.32. The molecule has 0 fully saturated rings. The first-order chi connectivity index (χ1) is 6.18. The summed E-state index contributed by atoms with van der Waals surface area (Å²) in [7, 11) is 0. The van der Waals surface area contributed by atoms with E-state index in [1.807, 2.05) is 0 Å². The molecule has 3 nitrogen and oxygen atoms in total. The molecule has 0 bridgehead atoms. The SMILES string of the molecule is CC1NCCc2cc(O)c(O)cc21.[Br-]. The molecule has 1 unspecified atom stereocenters. The molecule has 1 aliphatic rings. The number of halogens is 1. The van der Waals surface area contributed by atoms with Crippen LogP contribution in [0.25, 0.3) is 0 Å². The summed E-state index contributed by atoms with van der Waals surface area (Å²) in [5.41, 5.74) is 2.21. The molecule has 0 saturated heterocycles. The van der Waals surface area contributed by atoms with Gasteiger partial charge in [-0.1, -0.05) is 0 Å². The van der Waals surface area contributed by atoms with Gasteiger partial charge in [0, 0.05) is 6.04 Å². The quantitative estimate of drug-likeness (QED) is 0.487. The van der Waals surface area contributed by atoms with E-state index in [4.69, 9.17) is 0 Å². The van der Waals surface area contributed by atoms with Crippen LogP contribution in [0, 0.1) is 0 Å². The summed E-state index contributed by atoms with van der Waals surface area (Å²) < 4.78 is 0. The van der Waals surface area contributed by atoms with Gasteiger partial charge in [0.05, 0.1) is 0 Å². The summed E-state index contributed by atoms with van der Waals surface area (Å²) in [6.07, 6.45) is 0.910. The molecule has 1 aromatic rings. The van der Waals surface area contributed by atoms with E-state index < -0.39 is 0 Å². The fraction of sp³-hybridized carbons (Fsp3) is 0.400. The van der Waals surface area contributed by atoms with Crippen LogP contribution in [0.1, 0.15) is 24.1 Å². The molecule has 0 radical (unpaired) electrons. The third-order valence-corrected chi connectivity index (χ3v) is 2.55. The van der Waals surface area contributed by atoms with Crippen molar-refractivity contribution in [3.8, 4) is 11.5 Å². The number of rotatable bonds is 0. The molecule has 0 saturated carbocycles. The zero-order valence-corrected chi connectivity index (χ0v) is 9.50. The van der Waals surface area contributed by atoms with Crippen molar-refractivity contribution in [3.05, 3.63) is 23.3 Å². The fourth-order valence-corrected chi connectivity index (χ4v) is 1.79. The van der Waals surface area contributed by atoms with Crippen molar-refractivity contribution >= 4 is 0 Å². The van der Waals surface area contributed by atoms with Gasteiger partial charge in [0.15, 0.2) is 11.5 Å². The van der Waals surface area contributed by atoms with Crippen molar-refractivity contribution in [1.82, 2.24) is 5.32 Å². The van der Waals surface area contributed by atoms with E-state index in [-0.39, 0.29) is 34.5 Å². The molecular weight excluding hydrogens is 246 g/mol. The Morgan fingerprint density at radius 1 is 1.29 bits per heavy atom. The summed E-state index contributed by atoms with van der Waals surface area (Å²) in [5.74, 6) is -0.0536. The third-order valence-electron chi connectivity index (χ3n) is 2.55. The predicted octanol–water partition coefficient (Wildman–Crippen LogP) is -1.69. The number of hydrogen-bond donors (Lipinski definition) is 3. The third kappa shape index (κ3) is 1.86. The lowest BCUT2D eigenvalue weighted by atomic mass is 9.95. The number of hydrogen-bond acceptors (Lipinski definition) is 3. The Labute approximate surface area is 93.5 Å². The standard InChI is InChI=1S/C10H13NO2.BrH/c1-6-8-5-10(13)9(12)4-7(8)2-3-11-6;/h4-6,11-13H,2-3H2,1H3;1H/p-1. The Bertz CT molecular complexity index is 341. The van der Waals surface area contributed by atoms with Crippen LogP contribution in [0.2, 0.25) is 0 Å². The van der Waals surface area contributed by atoms with Gasteiger partial charge in [-0.25, -0.2) is 0 Å². The lowest BCUT2D eigenvalue weighted by Gasteiger charge is -2.24.